The number of ether oxygens (including phenoxy) is 2. The molecule has 7 nitrogen and oxygen atoms in total. The Morgan fingerprint density at radius 1 is 1.50 bits per heavy atom. The maximum atomic E-state index is 12.7. The van der Waals surface area contributed by atoms with Crippen LogP contribution in [0.1, 0.15) is 49.3 Å². The van der Waals surface area contributed by atoms with Crippen LogP contribution < -0.4 is 10.1 Å². The molecule has 2 aromatic rings. The van der Waals surface area contributed by atoms with Gasteiger partial charge in [-0.1, -0.05) is 13.3 Å². The van der Waals surface area contributed by atoms with E-state index in [2.05, 4.69) is 10.3 Å². The first-order valence-electron chi connectivity index (χ1n) is 9.12. The van der Waals surface area contributed by atoms with Crippen molar-refractivity contribution < 1.29 is 19.1 Å². The minimum absolute atomic E-state index is 0.128. The molecular formula is C19H25N3O4. The summed E-state index contributed by atoms with van der Waals surface area (Å²) in [7, 11) is 0. The van der Waals surface area contributed by atoms with E-state index in [-0.39, 0.29) is 18.6 Å². The zero-order valence-corrected chi connectivity index (χ0v) is 15.2. The number of aromatic nitrogens is 2. The number of fused-ring (bicyclic) bond motifs is 1. The van der Waals surface area contributed by atoms with E-state index >= 15 is 0 Å². The molecule has 1 aliphatic carbocycles. The van der Waals surface area contributed by atoms with Crippen LogP contribution in [-0.4, -0.2) is 41.0 Å². The lowest BCUT2D eigenvalue weighted by Crippen LogP contribution is -2.36. The fourth-order valence-electron chi connectivity index (χ4n) is 3.07. The second-order valence-electron chi connectivity index (χ2n) is 6.74. The molecule has 26 heavy (non-hydrogen) atoms. The summed E-state index contributed by atoms with van der Waals surface area (Å²) >= 11 is 0. The molecule has 2 heterocycles. The van der Waals surface area contributed by atoms with Crippen LogP contribution in [-0.2, 0) is 16.0 Å². The maximum absolute atomic E-state index is 12.7. The molecule has 7 heteroatoms. The van der Waals surface area contributed by atoms with Gasteiger partial charge in [0.1, 0.15) is 12.3 Å². The van der Waals surface area contributed by atoms with Crippen LogP contribution in [0.15, 0.2) is 18.3 Å². The van der Waals surface area contributed by atoms with E-state index in [9.17, 15) is 9.59 Å². The fourth-order valence-corrected chi connectivity index (χ4v) is 3.07. The summed E-state index contributed by atoms with van der Waals surface area (Å²) in [5.41, 5.74) is 1.87. The Hall–Kier alpha value is -2.57. The lowest BCUT2D eigenvalue weighted by Gasteiger charge is -2.25. The molecule has 0 aliphatic heterocycles. The quantitative estimate of drug-likeness (QED) is 0.695. The number of carbonyl (C=O) groups is 2. The number of amides is 1. The molecule has 1 aliphatic rings. The number of carbonyl (C=O) groups excluding carboxylic acids is 2. The van der Waals surface area contributed by atoms with Crippen LogP contribution >= 0.6 is 0 Å². The Balaban J connectivity index is 1.84. The van der Waals surface area contributed by atoms with Gasteiger partial charge in [0.25, 0.3) is 12.4 Å². The topological polar surface area (TPSA) is 81.9 Å². The predicted octanol–water partition coefficient (Wildman–Crippen LogP) is 2.37. The van der Waals surface area contributed by atoms with E-state index in [1.54, 1.807) is 11.3 Å². The van der Waals surface area contributed by atoms with Crippen molar-refractivity contribution in [3.8, 4) is 5.75 Å². The lowest BCUT2D eigenvalue weighted by molar-refractivity contribution is -0.129. The van der Waals surface area contributed by atoms with Crippen molar-refractivity contribution in [1.82, 2.24) is 14.7 Å². The summed E-state index contributed by atoms with van der Waals surface area (Å²) in [5, 5.41) is 2.85. The molecule has 1 saturated carbocycles. The van der Waals surface area contributed by atoms with Crippen molar-refractivity contribution in [3.63, 3.8) is 0 Å². The van der Waals surface area contributed by atoms with E-state index in [4.69, 9.17) is 9.47 Å². The number of imidazole rings is 1. The normalized spacial score (nSPS) is 15.3. The number of pyridine rings is 1. The summed E-state index contributed by atoms with van der Waals surface area (Å²) in [5.74, 6) is 1.08. The first-order valence-corrected chi connectivity index (χ1v) is 9.12. The second kappa shape index (κ2) is 8.21. The number of hydrogen-bond donors (Lipinski definition) is 1. The van der Waals surface area contributed by atoms with Crippen LogP contribution in [0.2, 0.25) is 0 Å². The molecule has 1 N–H and O–H groups in total. The second-order valence-corrected chi connectivity index (χ2v) is 6.74. The van der Waals surface area contributed by atoms with Gasteiger partial charge in [-0.3, -0.25) is 14.0 Å². The van der Waals surface area contributed by atoms with Crippen LogP contribution in [0.25, 0.3) is 5.65 Å². The van der Waals surface area contributed by atoms with E-state index in [1.165, 1.54) is 19.3 Å². The number of nitrogens with one attached hydrogen (secondary N) is 1. The van der Waals surface area contributed by atoms with E-state index < -0.39 is 0 Å². The highest BCUT2D eigenvalue weighted by molar-refractivity contribution is 5.95. The van der Waals surface area contributed by atoms with Crippen molar-refractivity contribution in [2.75, 3.05) is 13.2 Å². The van der Waals surface area contributed by atoms with Crippen molar-refractivity contribution in [2.24, 2.45) is 5.92 Å². The zero-order valence-electron chi connectivity index (χ0n) is 15.2. The van der Waals surface area contributed by atoms with Crippen LogP contribution in [0.5, 0.6) is 5.75 Å². The van der Waals surface area contributed by atoms with Crippen LogP contribution in [0.3, 0.4) is 0 Å². The van der Waals surface area contributed by atoms with Gasteiger partial charge >= 0.3 is 0 Å². The molecule has 1 atom stereocenters. The van der Waals surface area contributed by atoms with Gasteiger partial charge < -0.3 is 14.8 Å². The first-order chi connectivity index (χ1) is 12.6. The Morgan fingerprint density at radius 3 is 2.96 bits per heavy atom. The SMILES string of the molecule is CCc1nc2c(OCC3CCC3)cccn2c1C(=O)N[C@@H](C)COC=O. The number of nitrogens with zero attached hydrogens (tertiary/aromatic N) is 2. The lowest BCUT2D eigenvalue weighted by atomic mass is 9.86. The Kier molecular flexibility index (Phi) is 5.75. The van der Waals surface area contributed by atoms with E-state index in [0.29, 0.717) is 48.2 Å². The molecule has 140 valence electrons. The molecule has 0 spiro atoms. The Labute approximate surface area is 152 Å². The molecular weight excluding hydrogens is 334 g/mol. The van der Waals surface area contributed by atoms with Gasteiger partial charge in [0, 0.05) is 6.20 Å². The van der Waals surface area contributed by atoms with Gasteiger partial charge in [0.2, 0.25) is 0 Å². The van der Waals surface area contributed by atoms with Crippen molar-refractivity contribution in [3.05, 3.63) is 29.7 Å². The van der Waals surface area contributed by atoms with Crippen molar-refractivity contribution >= 4 is 18.0 Å². The van der Waals surface area contributed by atoms with Crippen molar-refractivity contribution in [2.45, 2.75) is 45.6 Å². The van der Waals surface area contributed by atoms with Crippen molar-refractivity contribution in [1.29, 1.82) is 0 Å². The predicted molar refractivity (Wildman–Crippen MR) is 96.4 cm³/mol. The zero-order chi connectivity index (χ0) is 18.5. The number of aryl methyl sites for hydroxylation is 1. The first kappa shape index (κ1) is 18.2. The van der Waals surface area contributed by atoms with Crippen LogP contribution in [0.4, 0.5) is 0 Å². The Morgan fingerprint density at radius 2 is 2.31 bits per heavy atom. The molecule has 1 amide bonds. The molecule has 0 aromatic carbocycles. The van der Waals surface area contributed by atoms with Gasteiger partial charge in [0.15, 0.2) is 11.4 Å². The third kappa shape index (κ3) is 3.81. The summed E-state index contributed by atoms with van der Waals surface area (Å²) in [6, 6.07) is 3.46. The maximum Gasteiger partial charge on any atom is 0.293 e. The highest BCUT2D eigenvalue weighted by atomic mass is 16.5. The third-order valence-electron chi connectivity index (χ3n) is 4.73. The highest BCUT2D eigenvalue weighted by Gasteiger charge is 2.23. The average Bonchev–Trinajstić information content (AvgIpc) is 2.98. The third-order valence-corrected chi connectivity index (χ3v) is 4.73. The summed E-state index contributed by atoms with van der Waals surface area (Å²) in [4.78, 5) is 27.7. The molecule has 1 fully saturated rings. The highest BCUT2D eigenvalue weighted by Crippen LogP contribution is 2.29. The smallest absolute Gasteiger partial charge is 0.293 e. The Bertz CT molecular complexity index is 782. The monoisotopic (exact) mass is 359 g/mol. The minimum atomic E-state index is -0.291. The van der Waals surface area contributed by atoms with Gasteiger partial charge in [-0.25, -0.2) is 4.98 Å². The average molecular weight is 359 g/mol. The summed E-state index contributed by atoms with van der Waals surface area (Å²) in [6.07, 6.45) is 6.15. The fraction of sp³-hybridized carbons (Fsp3) is 0.526. The summed E-state index contributed by atoms with van der Waals surface area (Å²) in [6.45, 7) is 4.94. The van der Waals surface area contributed by atoms with E-state index in [1.807, 2.05) is 25.3 Å². The molecule has 0 bridgehead atoms. The molecule has 0 saturated heterocycles. The summed E-state index contributed by atoms with van der Waals surface area (Å²) < 4.78 is 12.5. The van der Waals surface area contributed by atoms with E-state index in [0.717, 1.165) is 0 Å². The van der Waals surface area contributed by atoms with Gasteiger partial charge in [-0.2, -0.15) is 0 Å². The largest absolute Gasteiger partial charge is 0.489 e. The molecule has 0 radical (unpaired) electrons. The van der Waals surface area contributed by atoms with Gasteiger partial charge in [-0.15, -0.1) is 0 Å². The number of rotatable bonds is 9. The van der Waals surface area contributed by atoms with Gasteiger partial charge in [0.05, 0.1) is 18.3 Å². The number of hydrogen-bond acceptors (Lipinski definition) is 5. The minimum Gasteiger partial charge on any atom is -0.489 e. The standard InChI is InChI=1S/C19H25N3O4/c1-3-15-17(19(24)20-13(2)10-25-12-23)22-9-5-8-16(18(22)21-15)26-11-14-6-4-7-14/h5,8-9,12-14H,3-4,6-7,10-11H2,1-2H3,(H,20,24)/t13-/m0/s1. The van der Waals surface area contributed by atoms with Crippen LogP contribution in [0, 0.1) is 5.92 Å². The van der Waals surface area contributed by atoms with Gasteiger partial charge in [-0.05, 0) is 44.2 Å². The molecule has 3 rings (SSSR count). The molecule has 2 aromatic heterocycles. The molecule has 0 unspecified atom stereocenters.